The van der Waals surface area contributed by atoms with Crippen LogP contribution in [0.3, 0.4) is 0 Å². The molecule has 2 rings (SSSR count). The van der Waals surface area contributed by atoms with Crippen LogP contribution in [-0.4, -0.2) is 55.9 Å². The summed E-state index contributed by atoms with van der Waals surface area (Å²) in [6, 6.07) is 0.212. The molecule has 2 aliphatic heterocycles. The lowest BCUT2D eigenvalue weighted by molar-refractivity contribution is 0.0435. The van der Waals surface area contributed by atoms with Gasteiger partial charge in [-0.3, -0.25) is 0 Å². The standard InChI is InChI=1S/C12H22F2N2O2S/c13-11(14)12(15)4-1-6-16(7-5-12)10-2-8-19(17,18)9-3-10/h10-11H,1-9,15H2. The summed E-state index contributed by atoms with van der Waals surface area (Å²) in [4.78, 5) is 2.16. The minimum absolute atomic E-state index is 0.212. The molecule has 0 aromatic heterocycles. The number of likely N-dealkylation sites (tertiary alicyclic amines) is 1. The Hall–Kier alpha value is -0.270. The van der Waals surface area contributed by atoms with Crippen molar-refractivity contribution in [1.29, 1.82) is 0 Å². The number of alkyl halides is 2. The molecule has 7 heteroatoms. The van der Waals surface area contributed by atoms with Crippen molar-refractivity contribution in [2.45, 2.75) is 50.1 Å². The quantitative estimate of drug-likeness (QED) is 0.826. The summed E-state index contributed by atoms with van der Waals surface area (Å²) in [6.45, 7) is 1.29. The zero-order chi connectivity index (χ0) is 14.1. The van der Waals surface area contributed by atoms with Gasteiger partial charge in [-0.15, -0.1) is 0 Å². The van der Waals surface area contributed by atoms with Gasteiger partial charge in [0.2, 0.25) is 0 Å². The molecule has 1 unspecified atom stereocenters. The molecule has 0 amide bonds. The molecule has 4 nitrogen and oxygen atoms in total. The first kappa shape index (κ1) is 15.1. The van der Waals surface area contributed by atoms with Crippen molar-refractivity contribution in [2.24, 2.45) is 5.73 Å². The predicted octanol–water partition coefficient (Wildman–Crippen LogP) is 1.01. The highest BCUT2D eigenvalue weighted by atomic mass is 32.2. The smallest absolute Gasteiger partial charge is 0.256 e. The van der Waals surface area contributed by atoms with E-state index in [0.717, 1.165) is 6.54 Å². The maximum atomic E-state index is 12.9. The van der Waals surface area contributed by atoms with E-state index in [1.165, 1.54) is 0 Å². The molecule has 2 aliphatic rings. The van der Waals surface area contributed by atoms with Crippen LogP contribution < -0.4 is 5.73 Å². The van der Waals surface area contributed by atoms with Crippen LogP contribution in [-0.2, 0) is 9.84 Å². The molecular weight excluding hydrogens is 274 g/mol. The molecule has 0 aromatic rings. The molecule has 0 spiro atoms. The summed E-state index contributed by atoms with van der Waals surface area (Å²) in [5, 5.41) is 0. The molecule has 1 atom stereocenters. The van der Waals surface area contributed by atoms with Gasteiger partial charge in [-0.25, -0.2) is 17.2 Å². The van der Waals surface area contributed by atoms with E-state index in [9.17, 15) is 17.2 Å². The molecule has 2 heterocycles. The maximum Gasteiger partial charge on any atom is 0.256 e. The third-order valence-electron chi connectivity index (χ3n) is 4.43. The molecule has 2 saturated heterocycles. The summed E-state index contributed by atoms with van der Waals surface area (Å²) < 4.78 is 48.7. The number of halogens is 2. The number of sulfone groups is 1. The second-order valence-electron chi connectivity index (χ2n) is 5.81. The van der Waals surface area contributed by atoms with Gasteiger partial charge in [-0.1, -0.05) is 0 Å². The molecule has 19 heavy (non-hydrogen) atoms. The lowest BCUT2D eigenvalue weighted by Crippen LogP contribution is -2.48. The predicted molar refractivity (Wildman–Crippen MR) is 70.0 cm³/mol. The normalized spacial score (nSPS) is 34.3. The Morgan fingerprint density at radius 3 is 2.37 bits per heavy atom. The first-order valence-electron chi connectivity index (χ1n) is 6.84. The van der Waals surface area contributed by atoms with Gasteiger partial charge in [-0.05, 0) is 38.6 Å². The highest BCUT2D eigenvalue weighted by Crippen LogP contribution is 2.29. The fourth-order valence-corrected chi connectivity index (χ4v) is 4.49. The van der Waals surface area contributed by atoms with E-state index in [1.54, 1.807) is 0 Å². The lowest BCUT2D eigenvalue weighted by atomic mass is 9.92. The zero-order valence-electron chi connectivity index (χ0n) is 11.0. The highest BCUT2D eigenvalue weighted by molar-refractivity contribution is 7.91. The minimum Gasteiger partial charge on any atom is -0.320 e. The molecule has 0 radical (unpaired) electrons. The Morgan fingerprint density at radius 2 is 1.79 bits per heavy atom. The van der Waals surface area contributed by atoms with Crippen molar-refractivity contribution >= 4 is 9.84 Å². The SMILES string of the molecule is NC1(C(F)F)CCCN(C2CCS(=O)(=O)CC2)CC1. The maximum absolute atomic E-state index is 12.9. The second-order valence-corrected chi connectivity index (χ2v) is 8.11. The summed E-state index contributed by atoms with van der Waals surface area (Å²) in [6.07, 6.45) is 0.0343. The molecule has 112 valence electrons. The van der Waals surface area contributed by atoms with Crippen LogP contribution >= 0.6 is 0 Å². The molecule has 0 saturated carbocycles. The van der Waals surface area contributed by atoms with Crippen molar-refractivity contribution < 1.29 is 17.2 Å². The van der Waals surface area contributed by atoms with E-state index < -0.39 is 21.8 Å². The molecule has 0 bridgehead atoms. The number of nitrogens with two attached hydrogens (primary N) is 1. The third-order valence-corrected chi connectivity index (χ3v) is 6.14. The van der Waals surface area contributed by atoms with Gasteiger partial charge in [0.05, 0.1) is 17.0 Å². The Bertz CT molecular complexity index is 402. The molecule has 2 N–H and O–H groups in total. The van der Waals surface area contributed by atoms with Crippen molar-refractivity contribution in [3.8, 4) is 0 Å². The van der Waals surface area contributed by atoms with E-state index in [4.69, 9.17) is 5.73 Å². The van der Waals surface area contributed by atoms with E-state index in [-0.39, 0.29) is 24.0 Å². The Kier molecular flexibility index (Phi) is 4.47. The van der Waals surface area contributed by atoms with Crippen LogP contribution in [0.1, 0.15) is 32.1 Å². The number of hydrogen-bond acceptors (Lipinski definition) is 4. The average molecular weight is 296 g/mol. The van der Waals surface area contributed by atoms with Gasteiger partial charge in [0, 0.05) is 12.6 Å². The monoisotopic (exact) mass is 296 g/mol. The molecule has 0 aliphatic carbocycles. The van der Waals surface area contributed by atoms with Gasteiger partial charge in [-0.2, -0.15) is 0 Å². The second kappa shape index (κ2) is 5.61. The number of rotatable bonds is 2. The topological polar surface area (TPSA) is 63.4 Å². The van der Waals surface area contributed by atoms with Crippen LogP contribution in [0.15, 0.2) is 0 Å². The lowest BCUT2D eigenvalue weighted by Gasteiger charge is -2.34. The highest BCUT2D eigenvalue weighted by Gasteiger charge is 2.38. The van der Waals surface area contributed by atoms with E-state index in [2.05, 4.69) is 4.90 Å². The van der Waals surface area contributed by atoms with Crippen LogP contribution in [0.5, 0.6) is 0 Å². The van der Waals surface area contributed by atoms with Crippen LogP contribution in [0.4, 0.5) is 8.78 Å². The first-order chi connectivity index (χ1) is 8.82. The van der Waals surface area contributed by atoms with Gasteiger partial charge in [0.25, 0.3) is 6.43 Å². The molecule has 0 aromatic carbocycles. The van der Waals surface area contributed by atoms with Gasteiger partial charge in [0.1, 0.15) is 9.84 Å². The number of hydrogen-bond donors (Lipinski definition) is 1. The third kappa shape index (κ3) is 3.64. The summed E-state index contributed by atoms with van der Waals surface area (Å²) in [5.41, 5.74) is 4.40. The van der Waals surface area contributed by atoms with Crippen LogP contribution in [0, 0.1) is 0 Å². The van der Waals surface area contributed by atoms with Crippen molar-refractivity contribution in [2.75, 3.05) is 24.6 Å². The van der Waals surface area contributed by atoms with Gasteiger partial charge < -0.3 is 10.6 Å². The summed E-state index contributed by atoms with van der Waals surface area (Å²) >= 11 is 0. The minimum atomic E-state index is -2.87. The largest absolute Gasteiger partial charge is 0.320 e. The summed E-state index contributed by atoms with van der Waals surface area (Å²) in [5.74, 6) is 0.438. The van der Waals surface area contributed by atoms with Crippen molar-refractivity contribution in [3.05, 3.63) is 0 Å². The van der Waals surface area contributed by atoms with Gasteiger partial charge >= 0.3 is 0 Å². The first-order valence-corrected chi connectivity index (χ1v) is 8.66. The molecular formula is C12H22F2N2O2S. The Morgan fingerprint density at radius 1 is 1.16 bits per heavy atom. The van der Waals surface area contributed by atoms with E-state index in [0.29, 0.717) is 32.2 Å². The fraction of sp³-hybridized carbons (Fsp3) is 1.00. The van der Waals surface area contributed by atoms with Crippen molar-refractivity contribution in [1.82, 2.24) is 4.90 Å². The van der Waals surface area contributed by atoms with Crippen LogP contribution in [0.25, 0.3) is 0 Å². The fourth-order valence-electron chi connectivity index (χ4n) is 3.03. The Balaban J connectivity index is 1.93. The average Bonchev–Trinajstić information content (AvgIpc) is 2.53. The van der Waals surface area contributed by atoms with E-state index >= 15 is 0 Å². The molecule has 2 fully saturated rings. The van der Waals surface area contributed by atoms with E-state index in [1.807, 2.05) is 0 Å². The van der Waals surface area contributed by atoms with Gasteiger partial charge in [0.15, 0.2) is 0 Å². The van der Waals surface area contributed by atoms with Crippen molar-refractivity contribution in [3.63, 3.8) is 0 Å². The Labute approximate surface area is 113 Å². The number of nitrogens with zero attached hydrogens (tertiary/aromatic N) is 1. The zero-order valence-corrected chi connectivity index (χ0v) is 11.8. The van der Waals surface area contributed by atoms with Crippen LogP contribution in [0.2, 0.25) is 0 Å². The summed E-state index contributed by atoms with van der Waals surface area (Å²) in [7, 11) is -2.87.